The Bertz CT molecular complexity index is 1720. The van der Waals surface area contributed by atoms with Crippen molar-refractivity contribution in [1.82, 2.24) is 0 Å². The lowest BCUT2D eigenvalue weighted by molar-refractivity contribution is -0.161. The zero-order valence-corrected chi connectivity index (χ0v) is 41.2. The molecule has 0 radical (unpaired) electrons. The van der Waals surface area contributed by atoms with E-state index in [0.717, 1.165) is 32.1 Å². The molecule has 0 bridgehead atoms. The summed E-state index contributed by atoms with van der Waals surface area (Å²) < 4.78 is 47.6. The molecule has 0 saturated carbocycles. The summed E-state index contributed by atoms with van der Waals surface area (Å²) >= 11 is 0. The number of esters is 2. The summed E-state index contributed by atoms with van der Waals surface area (Å²) in [5.41, 5.74) is 0. The molecule has 6 N–H and O–H groups in total. The first-order valence-corrected chi connectivity index (χ1v) is 26.1. The quantitative estimate of drug-likeness (QED) is 0.0110. The van der Waals surface area contributed by atoms with E-state index in [9.17, 15) is 38.9 Å². The van der Waals surface area contributed by atoms with Crippen molar-refractivity contribution in [3.05, 3.63) is 134 Å². The lowest BCUT2D eigenvalue weighted by atomic mass is 10.2. The van der Waals surface area contributed by atoms with Gasteiger partial charge in [0.15, 0.2) is 6.10 Å². The SMILES string of the molecule is CC/C=C\C[C@H](O)/C=C/C=C\C/C=C\C=C\[C@H](O)/C=C\CCCC(=O)O[C@H](COC(=O)CC/C=C\C/C=C\C/C=C\C/C=C\C/C=C\CCCCC)COP(=O)(O)OC[C@@H](O)COP(=O)(O)O. The zero-order valence-electron chi connectivity index (χ0n) is 39.4. The number of phosphoric acid groups is 2. The smallest absolute Gasteiger partial charge is 0.462 e. The molecule has 0 heterocycles. The molecule has 5 atom stereocenters. The van der Waals surface area contributed by atoms with E-state index in [1.54, 1.807) is 42.5 Å². The number of phosphoric ester groups is 2. The van der Waals surface area contributed by atoms with Crippen LogP contribution < -0.4 is 0 Å². The molecule has 15 nitrogen and oxygen atoms in total. The van der Waals surface area contributed by atoms with E-state index in [2.05, 4.69) is 58.5 Å². The van der Waals surface area contributed by atoms with Gasteiger partial charge in [0.05, 0.1) is 32.0 Å². The highest BCUT2D eigenvalue weighted by Crippen LogP contribution is 2.43. The highest BCUT2D eigenvalue weighted by Gasteiger charge is 2.28. The van der Waals surface area contributed by atoms with Crippen LogP contribution in [-0.4, -0.2) is 92.8 Å². The van der Waals surface area contributed by atoms with E-state index in [-0.39, 0.29) is 12.8 Å². The fourth-order valence-corrected chi connectivity index (χ4v) is 6.34. The highest BCUT2D eigenvalue weighted by molar-refractivity contribution is 7.47. The first kappa shape index (κ1) is 63.2. The van der Waals surface area contributed by atoms with Crippen LogP contribution in [0.25, 0.3) is 0 Å². The number of carbonyl (C=O) groups is 2. The van der Waals surface area contributed by atoms with Crippen molar-refractivity contribution in [1.29, 1.82) is 0 Å². The normalized spacial score (nSPS) is 16.0. The Balaban J connectivity index is 4.87. The van der Waals surface area contributed by atoms with E-state index in [0.29, 0.717) is 38.5 Å². The summed E-state index contributed by atoms with van der Waals surface area (Å²) in [4.78, 5) is 52.8. The van der Waals surface area contributed by atoms with Gasteiger partial charge in [-0.25, -0.2) is 9.13 Å². The van der Waals surface area contributed by atoms with Crippen LogP contribution in [-0.2, 0) is 41.8 Å². The maximum absolute atomic E-state index is 12.7. The number of rotatable bonds is 41. The van der Waals surface area contributed by atoms with Crippen molar-refractivity contribution in [2.45, 2.75) is 141 Å². The molecule has 0 aliphatic carbocycles. The van der Waals surface area contributed by atoms with Gasteiger partial charge in [-0.15, -0.1) is 0 Å². The van der Waals surface area contributed by atoms with Crippen molar-refractivity contribution >= 4 is 27.6 Å². The number of ether oxygens (including phenoxy) is 2. The molecule has 17 heteroatoms. The van der Waals surface area contributed by atoms with E-state index in [1.807, 2.05) is 55.5 Å². The van der Waals surface area contributed by atoms with Crippen LogP contribution in [0.1, 0.15) is 117 Å². The Labute approximate surface area is 399 Å². The largest absolute Gasteiger partial charge is 0.472 e. The molecule has 1 unspecified atom stereocenters. The molecular weight excluding hydrogens is 902 g/mol. The van der Waals surface area contributed by atoms with Gasteiger partial charge in [0, 0.05) is 12.8 Å². The van der Waals surface area contributed by atoms with E-state index < -0.39 is 78.4 Å². The third-order valence-corrected chi connectivity index (χ3v) is 10.1. The Kier molecular flexibility index (Phi) is 41.0. The van der Waals surface area contributed by atoms with Crippen LogP contribution in [0.15, 0.2) is 134 Å². The highest BCUT2D eigenvalue weighted by atomic mass is 31.2. The summed E-state index contributed by atoms with van der Waals surface area (Å²) in [5.74, 6) is -1.33. The zero-order chi connectivity index (χ0) is 49.7. The third kappa shape index (κ3) is 47.1. The molecule has 0 aromatic rings. The second-order valence-corrected chi connectivity index (χ2v) is 17.7. The van der Waals surface area contributed by atoms with Crippen LogP contribution >= 0.6 is 15.6 Å². The van der Waals surface area contributed by atoms with Gasteiger partial charge in [0.2, 0.25) is 0 Å². The van der Waals surface area contributed by atoms with Gasteiger partial charge in [0.1, 0.15) is 12.7 Å². The number of aliphatic hydroxyl groups excluding tert-OH is 3. The molecule has 378 valence electrons. The van der Waals surface area contributed by atoms with Crippen LogP contribution in [0.3, 0.4) is 0 Å². The minimum absolute atomic E-state index is 0.0197. The van der Waals surface area contributed by atoms with Crippen LogP contribution in [0.4, 0.5) is 0 Å². The van der Waals surface area contributed by atoms with Gasteiger partial charge in [-0.3, -0.25) is 23.2 Å². The number of carbonyl (C=O) groups excluding carboxylic acids is 2. The monoisotopic (exact) mass is 980 g/mol. The molecule has 67 heavy (non-hydrogen) atoms. The van der Waals surface area contributed by atoms with Crippen LogP contribution in [0, 0.1) is 0 Å². The predicted octanol–water partition coefficient (Wildman–Crippen LogP) is 10.2. The predicted molar refractivity (Wildman–Crippen MR) is 264 cm³/mol. The topological polar surface area (TPSA) is 236 Å². The van der Waals surface area contributed by atoms with E-state index in [1.165, 1.54) is 19.3 Å². The molecule has 0 aromatic carbocycles. The van der Waals surface area contributed by atoms with Gasteiger partial charge in [-0.2, -0.15) is 0 Å². The second-order valence-electron chi connectivity index (χ2n) is 15.0. The lowest BCUT2D eigenvalue weighted by Gasteiger charge is -2.20. The van der Waals surface area contributed by atoms with Crippen molar-refractivity contribution in [2.75, 3.05) is 26.4 Å². The Morgan fingerprint density at radius 1 is 0.522 bits per heavy atom. The Morgan fingerprint density at radius 2 is 1.07 bits per heavy atom. The Morgan fingerprint density at radius 3 is 1.69 bits per heavy atom. The molecule has 0 aliphatic rings. The van der Waals surface area contributed by atoms with Crippen LogP contribution in [0.5, 0.6) is 0 Å². The minimum atomic E-state index is -4.90. The standard InChI is InChI=1S/C50H78O15P2/c1-3-5-7-8-9-10-11-12-13-14-15-16-17-18-19-20-24-27-33-39-49(54)61-43-48(44-64-67(59,60)63-42-47(53)41-62-66(56,57)58)65-50(55)40-34-28-32-38-46(52)37-31-26-23-21-22-25-30-36-45(51)35-29-6-4-2/h6,9-10,12-13,15-16,18-19,22-27,29-32,36-38,45-48,51-53H,3-5,7-8,11,14,17,20-21,28,33-35,39-44H2,1-2H3,(H,59,60)(H2,56,57,58)/b10-9-,13-12-,16-15-,19-18-,25-22-,26-23-,27-24-,29-6-,36-30+,37-31+,38-32-/t45-,46-,47-,48+/m0/s1. The summed E-state index contributed by atoms with van der Waals surface area (Å²) in [5, 5.41) is 29.8. The third-order valence-electron chi connectivity index (χ3n) is 8.70. The van der Waals surface area contributed by atoms with Crippen molar-refractivity contribution < 1.29 is 71.8 Å². The second kappa shape index (κ2) is 43.5. The number of hydrogen-bond donors (Lipinski definition) is 6. The molecule has 0 saturated heterocycles. The van der Waals surface area contributed by atoms with Crippen molar-refractivity contribution in [3.63, 3.8) is 0 Å². The number of hydrogen-bond acceptors (Lipinski definition) is 12. The van der Waals surface area contributed by atoms with Gasteiger partial charge < -0.3 is 39.5 Å². The maximum Gasteiger partial charge on any atom is 0.472 e. The molecule has 0 rings (SSSR count). The lowest BCUT2D eigenvalue weighted by Crippen LogP contribution is -2.29. The summed E-state index contributed by atoms with van der Waals surface area (Å²) in [6.07, 6.45) is 49.5. The van der Waals surface area contributed by atoms with Gasteiger partial charge in [-0.05, 0) is 77.0 Å². The molecule has 0 aliphatic heterocycles. The minimum Gasteiger partial charge on any atom is -0.462 e. The summed E-state index contributed by atoms with van der Waals surface area (Å²) in [7, 11) is -9.80. The fraction of sp³-hybridized carbons (Fsp3) is 0.520. The summed E-state index contributed by atoms with van der Waals surface area (Å²) in [6.45, 7) is 1.21. The van der Waals surface area contributed by atoms with E-state index >= 15 is 0 Å². The molecule has 0 spiro atoms. The van der Waals surface area contributed by atoms with Crippen molar-refractivity contribution in [2.24, 2.45) is 0 Å². The fourth-order valence-electron chi connectivity index (χ4n) is 5.19. The number of allylic oxidation sites excluding steroid dienone is 18. The molecule has 0 amide bonds. The molecule has 0 aromatic heterocycles. The van der Waals surface area contributed by atoms with Crippen molar-refractivity contribution in [3.8, 4) is 0 Å². The average Bonchev–Trinajstić information content (AvgIpc) is 3.28. The van der Waals surface area contributed by atoms with Gasteiger partial charge in [0.25, 0.3) is 0 Å². The average molecular weight is 981 g/mol. The maximum atomic E-state index is 12.7. The first-order valence-electron chi connectivity index (χ1n) is 23.1. The summed E-state index contributed by atoms with van der Waals surface area (Å²) in [6, 6.07) is 0. The Hall–Kier alpha value is -3.82. The number of unbranched alkanes of at least 4 members (excludes halogenated alkanes) is 4. The number of aliphatic hydroxyl groups is 3. The molecular formula is C50H78O15P2. The van der Waals surface area contributed by atoms with Crippen LogP contribution in [0.2, 0.25) is 0 Å². The van der Waals surface area contributed by atoms with E-state index in [4.69, 9.17) is 23.8 Å². The first-order chi connectivity index (χ1) is 32.2. The molecule has 0 fully saturated rings. The van der Waals surface area contributed by atoms with Gasteiger partial charge in [-0.1, -0.05) is 160 Å². The van der Waals surface area contributed by atoms with Gasteiger partial charge >= 0.3 is 27.6 Å².